The van der Waals surface area contributed by atoms with Crippen molar-refractivity contribution in [3.05, 3.63) is 29.8 Å². The molecule has 1 aliphatic heterocycles. The van der Waals surface area contributed by atoms with Gasteiger partial charge >= 0.3 is 0 Å². The fourth-order valence-corrected chi connectivity index (χ4v) is 2.43. The minimum Gasteiger partial charge on any atom is -0.398 e. The Labute approximate surface area is 104 Å². The van der Waals surface area contributed by atoms with Gasteiger partial charge in [0.05, 0.1) is 0 Å². The van der Waals surface area contributed by atoms with Gasteiger partial charge in [0.2, 0.25) is 5.91 Å². The van der Waals surface area contributed by atoms with Crippen molar-refractivity contribution in [3.8, 4) is 0 Å². The van der Waals surface area contributed by atoms with Crippen LogP contribution in [0.15, 0.2) is 24.3 Å². The molecule has 86 valence electrons. The zero-order valence-corrected chi connectivity index (χ0v) is 10.6. The molecule has 0 aromatic heterocycles. The Morgan fingerprint density at radius 1 is 1.44 bits per heavy atom. The van der Waals surface area contributed by atoms with Crippen molar-refractivity contribution in [1.82, 2.24) is 4.90 Å². The van der Waals surface area contributed by atoms with Gasteiger partial charge in [-0.25, -0.2) is 0 Å². The van der Waals surface area contributed by atoms with E-state index in [1.807, 2.05) is 29.2 Å². The highest BCUT2D eigenvalue weighted by atomic mass is 79.9. The number of nitrogen functional groups attached to an aromatic ring is 1. The standard InChI is InChI=1S/C12H15BrN2O/c13-6-9-5-12(16)15(7-9)8-10-3-1-2-4-11(10)14/h1-4,9H,5-8,14H2. The van der Waals surface area contributed by atoms with Crippen molar-refractivity contribution in [3.63, 3.8) is 0 Å². The number of amides is 1. The van der Waals surface area contributed by atoms with E-state index in [1.165, 1.54) is 0 Å². The van der Waals surface area contributed by atoms with Crippen LogP contribution in [0.25, 0.3) is 0 Å². The lowest BCUT2D eigenvalue weighted by Crippen LogP contribution is -2.25. The molecule has 1 saturated heterocycles. The highest BCUT2D eigenvalue weighted by Crippen LogP contribution is 2.23. The third-order valence-corrected chi connectivity index (χ3v) is 3.84. The van der Waals surface area contributed by atoms with Gasteiger partial charge in [0, 0.05) is 30.5 Å². The van der Waals surface area contributed by atoms with Crippen molar-refractivity contribution < 1.29 is 4.79 Å². The Hall–Kier alpha value is -1.03. The number of hydrogen-bond donors (Lipinski definition) is 1. The van der Waals surface area contributed by atoms with Crippen LogP contribution in [-0.2, 0) is 11.3 Å². The van der Waals surface area contributed by atoms with Crippen molar-refractivity contribution in [2.24, 2.45) is 5.92 Å². The smallest absolute Gasteiger partial charge is 0.223 e. The topological polar surface area (TPSA) is 46.3 Å². The molecule has 2 N–H and O–H groups in total. The van der Waals surface area contributed by atoms with E-state index in [0.29, 0.717) is 18.9 Å². The minimum atomic E-state index is 0.229. The van der Waals surface area contributed by atoms with E-state index in [-0.39, 0.29) is 5.91 Å². The molecule has 0 saturated carbocycles. The van der Waals surface area contributed by atoms with Crippen molar-refractivity contribution in [2.45, 2.75) is 13.0 Å². The van der Waals surface area contributed by atoms with Gasteiger partial charge in [-0.3, -0.25) is 4.79 Å². The number of alkyl halides is 1. The van der Waals surface area contributed by atoms with Crippen LogP contribution in [0, 0.1) is 5.92 Å². The van der Waals surface area contributed by atoms with Crippen molar-refractivity contribution in [1.29, 1.82) is 0 Å². The van der Waals surface area contributed by atoms with Gasteiger partial charge in [-0.15, -0.1) is 0 Å². The molecule has 1 atom stereocenters. The monoisotopic (exact) mass is 282 g/mol. The van der Waals surface area contributed by atoms with Crippen LogP contribution in [0.3, 0.4) is 0 Å². The number of nitrogens with two attached hydrogens (primary N) is 1. The van der Waals surface area contributed by atoms with Gasteiger partial charge in [-0.1, -0.05) is 34.1 Å². The lowest BCUT2D eigenvalue weighted by atomic mass is 10.1. The molecule has 1 heterocycles. The molecule has 0 spiro atoms. The fraction of sp³-hybridized carbons (Fsp3) is 0.417. The number of carbonyl (C=O) groups is 1. The average molecular weight is 283 g/mol. The number of anilines is 1. The number of halogens is 1. The predicted molar refractivity (Wildman–Crippen MR) is 68.2 cm³/mol. The zero-order chi connectivity index (χ0) is 11.5. The van der Waals surface area contributed by atoms with E-state index in [4.69, 9.17) is 5.73 Å². The number of para-hydroxylation sites is 1. The second-order valence-electron chi connectivity index (χ2n) is 4.20. The van der Waals surface area contributed by atoms with Gasteiger partial charge in [-0.05, 0) is 17.5 Å². The molecule has 2 rings (SSSR count). The first-order chi connectivity index (χ1) is 7.70. The highest BCUT2D eigenvalue weighted by molar-refractivity contribution is 9.09. The van der Waals surface area contributed by atoms with E-state index < -0.39 is 0 Å². The zero-order valence-electron chi connectivity index (χ0n) is 9.03. The second-order valence-corrected chi connectivity index (χ2v) is 4.85. The molecular formula is C12H15BrN2O. The summed E-state index contributed by atoms with van der Waals surface area (Å²) >= 11 is 3.43. The summed E-state index contributed by atoms with van der Waals surface area (Å²) in [5, 5.41) is 0.888. The molecule has 3 nitrogen and oxygen atoms in total. The summed E-state index contributed by atoms with van der Waals surface area (Å²) in [6, 6.07) is 7.71. The van der Waals surface area contributed by atoms with Crippen molar-refractivity contribution in [2.75, 3.05) is 17.6 Å². The third-order valence-electron chi connectivity index (χ3n) is 2.93. The summed E-state index contributed by atoms with van der Waals surface area (Å²) in [4.78, 5) is 13.6. The first-order valence-corrected chi connectivity index (χ1v) is 6.50. The van der Waals surface area contributed by atoms with E-state index in [2.05, 4.69) is 15.9 Å². The molecule has 1 fully saturated rings. The summed E-state index contributed by atoms with van der Waals surface area (Å²) in [6.45, 7) is 1.47. The molecule has 0 aliphatic carbocycles. The fourth-order valence-electron chi connectivity index (χ4n) is 1.99. The van der Waals surface area contributed by atoms with E-state index >= 15 is 0 Å². The SMILES string of the molecule is Nc1ccccc1CN1CC(CBr)CC1=O. The maximum absolute atomic E-state index is 11.7. The van der Waals surface area contributed by atoms with Crippen LogP contribution >= 0.6 is 15.9 Å². The summed E-state index contributed by atoms with van der Waals surface area (Å²) in [7, 11) is 0. The molecule has 1 amide bonds. The maximum Gasteiger partial charge on any atom is 0.223 e. The quantitative estimate of drug-likeness (QED) is 0.681. The lowest BCUT2D eigenvalue weighted by Gasteiger charge is -2.17. The number of likely N-dealkylation sites (tertiary alicyclic amines) is 1. The molecule has 0 radical (unpaired) electrons. The number of hydrogen-bond acceptors (Lipinski definition) is 2. The third kappa shape index (κ3) is 2.38. The number of benzene rings is 1. The summed E-state index contributed by atoms with van der Waals surface area (Å²) in [5.74, 6) is 0.671. The van der Waals surface area contributed by atoms with Gasteiger partial charge in [0.1, 0.15) is 0 Å². The average Bonchev–Trinajstić information content (AvgIpc) is 2.63. The van der Waals surface area contributed by atoms with Crippen LogP contribution in [0.5, 0.6) is 0 Å². The summed E-state index contributed by atoms with van der Waals surface area (Å²) in [5.41, 5.74) is 7.66. The van der Waals surface area contributed by atoms with Crippen LogP contribution in [0.4, 0.5) is 5.69 Å². The molecule has 1 aliphatic rings. The Morgan fingerprint density at radius 3 is 2.81 bits per heavy atom. The molecular weight excluding hydrogens is 268 g/mol. The molecule has 4 heteroatoms. The van der Waals surface area contributed by atoms with Crippen LogP contribution in [0.2, 0.25) is 0 Å². The van der Waals surface area contributed by atoms with Gasteiger partial charge < -0.3 is 10.6 Å². The van der Waals surface area contributed by atoms with Crippen LogP contribution < -0.4 is 5.73 Å². The first kappa shape index (κ1) is 11.5. The summed E-state index contributed by atoms with van der Waals surface area (Å²) in [6.07, 6.45) is 0.651. The van der Waals surface area contributed by atoms with Gasteiger partial charge in [0.15, 0.2) is 0 Å². The molecule has 1 aromatic rings. The molecule has 1 unspecified atom stereocenters. The normalized spacial score (nSPS) is 20.4. The molecule has 16 heavy (non-hydrogen) atoms. The second kappa shape index (κ2) is 4.87. The van der Waals surface area contributed by atoms with Gasteiger partial charge in [-0.2, -0.15) is 0 Å². The van der Waals surface area contributed by atoms with Crippen LogP contribution in [-0.4, -0.2) is 22.7 Å². The van der Waals surface area contributed by atoms with Gasteiger partial charge in [0.25, 0.3) is 0 Å². The highest BCUT2D eigenvalue weighted by Gasteiger charge is 2.28. The maximum atomic E-state index is 11.7. The predicted octanol–water partition coefficient (Wildman–Crippen LogP) is 2.01. The first-order valence-electron chi connectivity index (χ1n) is 5.38. The van der Waals surface area contributed by atoms with E-state index in [9.17, 15) is 4.79 Å². The number of rotatable bonds is 3. The summed E-state index contributed by atoms with van der Waals surface area (Å²) < 4.78 is 0. The molecule has 0 bridgehead atoms. The van der Waals surface area contributed by atoms with E-state index in [0.717, 1.165) is 23.1 Å². The Kier molecular flexibility index (Phi) is 3.49. The van der Waals surface area contributed by atoms with Crippen molar-refractivity contribution >= 4 is 27.5 Å². The minimum absolute atomic E-state index is 0.229. The van der Waals surface area contributed by atoms with E-state index in [1.54, 1.807) is 0 Å². The molecule has 1 aromatic carbocycles. The Bertz CT molecular complexity index is 394. The Morgan fingerprint density at radius 2 is 2.19 bits per heavy atom. The largest absolute Gasteiger partial charge is 0.398 e. The lowest BCUT2D eigenvalue weighted by molar-refractivity contribution is -0.128. The Balaban J connectivity index is 2.06. The van der Waals surface area contributed by atoms with Crippen LogP contribution in [0.1, 0.15) is 12.0 Å². The number of nitrogens with zero attached hydrogens (tertiary/aromatic N) is 1. The number of carbonyl (C=O) groups excluding carboxylic acids is 1.